The average molecular weight is 238 g/mol. The summed E-state index contributed by atoms with van der Waals surface area (Å²) in [6.07, 6.45) is 6.74. The molecule has 0 amide bonds. The highest BCUT2D eigenvalue weighted by Crippen LogP contribution is 2.30. The molecule has 0 radical (unpaired) electrons. The lowest BCUT2D eigenvalue weighted by Gasteiger charge is -2.26. The monoisotopic (exact) mass is 238 g/mol. The summed E-state index contributed by atoms with van der Waals surface area (Å²) in [6, 6.07) is 2.36. The first kappa shape index (κ1) is 11.9. The highest BCUT2D eigenvalue weighted by Gasteiger charge is 2.35. The Morgan fingerprint density at radius 1 is 1.29 bits per heavy atom. The van der Waals surface area contributed by atoms with E-state index in [9.17, 15) is 0 Å². The van der Waals surface area contributed by atoms with Gasteiger partial charge in [0.2, 0.25) is 0 Å². The van der Waals surface area contributed by atoms with Crippen LogP contribution < -0.4 is 5.32 Å². The SMILES string of the molecule is CC[C@H](N[C@H]1CCN(C2CC2)C1)[C@H]1CCOC1. The van der Waals surface area contributed by atoms with E-state index < -0.39 is 0 Å². The Labute approximate surface area is 105 Å². The molecule has 3 aliphatic rings. The number of nitrogens with zero attached hydrogens (tertiary/aromatic N) is 1. The maximum atomic E-state index is 5.52. The van der Waals surface area contributed by atoms with Gasteiger partial charge in [-0.3, -0.25) is 4.90 Å². The summed E-state index contributed by atoms with van der Waals surface area (Å²) in [5.74, 6) is 0.759. The molecule has 3 heteroatoms. The van der Waals surface area contributed by atoms with E-state index in [-0.39, 0.29) is 0 Å². The molecule has 17 heavy (non-hydrogen) atoms. The molecule has 3 atom stereocenters. The smallest absolute Gasteiger partial charge is 0.0510 e. The van der Waals surface area contributed by atoms with Crippen molar-refractivity contribution in [1.82, 2.24) is 10.2 Å². The predicted octanol–water partition coefficient (Wildman–Crippen LogP) is 1.63. The Morgan fingerprint density at radius 2 is 2.18 bits per heavy atom. The van der Waals surface area contributed by atoms with Gasteiger partial charge in [-0.2, -0.15) is 0 Å². The molecule has 2 heterocycles. The van der Waals surface area contributed by atoms with Crippen LogP contribution in [0.1, 0.15) is 39.0 Å². The third-order valence-electron chi connectivity index (χ3n) is 4.71. The van der Waals surface area contributed by atoms with Crippen LogP contribution in [-0.2, 0) is 4.74 Å². The Bertz CT molecular complexity index is 249. The van der Waals surface area contributed by atoms with E-state index in [0.29, 0.717) is 6.04 Å². The number of likely N-dealkylation sites (tertiary alicyclic amines) is 1. The summed E-state index contributed by atoms with van der Waals surface area (Å²) in [5.41, 5.74) is 0. The highest BCUT2D eigenvalue weighted by molar-refractivity contribution is 4.93. The molecule has 0 spiro atoms. The van der Waals surface area contributed by atoms with Crippen molar-refractivity contribution in [2.24, 2.45) is 5.92 Å². The lowest BCUT2D eigenvalue weighted by Crippen LogP contribution is -2.44. The van der Waals surface area contributed by atoms with Crippen LogP contribution in [0.3, 0.4) is 0 Å². The lowest BCUT2D eigenvalue weighted by molar-refractivity contribution is 0.173. The number of ether oxygens (including phenoxy) is 1. The zero-order valence-corrected chi connectivity index (χ0v) is 11.0. The molecule has 98 valence electrons. The van der Waals surface area contributed by atoms with E-state index in [1.807, 2.05) is 0 Å². The molecular weight excluding hydrogens is 212 g/mol. The van der Waals surface area contributed by atoms with Gasteiger partial charge < -0.3 is 10.1 Å². The van der Waals surface area contributed by atoms with Crippen LogP contribution in [0.4, 0.5) is 0 Å². The first-order valence-electron chi connectivity index (χ1n) is 7.44. The summed E-state index contributed by atoms with van der Waals surface area (Å²) in [7, 11) is 0. The summed E-state index contributed by atoms with van der Waals surface area (Å²) in [4.78, 5) is 2.69. The van der Waals surface area contributed by atoms with E-state index in [0.717, 1.165) is 31.2 Å². The van der Waals surface area contributed by atoms with Gasteiger partial charge >= 0.3 is 0 Å². The maximum absolute atomic E-state index is 5.52. The molecule has 1 aliphatic carbocycles. The van der Waals surface area contributed by atoms with Crippen LogP contribution in [-0.4, -0.2) is 49.3 Å². The second-order valence-corrected chi connectivity index (χ2v) is 6.02. The summed E-state index contributed by atoms with van der Waals surface area (Å²) < 4.78 is 5.52. The zero-order valence-electron chi connectivity index (χ0n) is 11.0. The molecule has 1 N–H and O–H groups in total. The molecule has 3 rings (SSSR count). The summed E-state index contributed by atoms with van der Waals surface area (Å²) >= 11 is 0. The molecule has 0 unspecified atom stereocenters. The molecule has 0 aromatic carbocycles. The van der Waals surface area contributed by atoms with Crippen LogP contribution in [0.5, 0.6) is 0 Å². The number of hydrogen-bond donors (Lipinski definition) is 1. The molecule has 3 nitrogen and oxygen atoms in total. The zero-order chi connectivity index (χ0) is 11.7. The van der Waals surface area contributed by atoms with Gasteiger partial charge in [0, 0.05) is 37.8 Å². The topological polar surface area (TPSA) is 24.5 Å². The van der Waals surface area contributed by atoms with Crippen molar-refractivity contribution < 1.29 is 4.74 Å². The average Bonchev–Trinajstić information content (AvgIpc) is 2.89. The van der Waals surface area contributed by atoms with Crippen LogP contribution in [0.15, 0.2) is 0 Å². The van der Waals surface area contributed by atoms with Gasteiger partial charge in [0.25, 0.3) is 0 Å². The third kappa shape index (κ3) is 2.83. The fourth-order valence-electron chi connectivity index (χ4n) is 3.45. The van der Waals surface area contributed by atoms with E-state index >= 15 is 0 Å². The van der Waals surface area contributed by atoms with Gasteiger partial charge in [-0.25, -0.2) is 0 Å². The number of hydrogen-bond acceptors (Lipinski definition) is 3. The standard InChI is InChI=1S/C14H26N2O/c1-2-14(11-6-8-17-10-11)15-12-5-7-16(9-12)13-3-4-13/h11-15H,2-10H2,1H3/t11-,12-,14-/m0/s1. The van der Waals surface area contributed by atoms with Crippen molar-refractivity contribution in [3.8, 4) is 0 Å². The lowest BCUT2D eigenvalue weighted by atomic mass is 9.96. The van der Waals surface area contributed by atoms with E-state index in [4.69, 9.17) is 4.74 Å². The second kappa shape index (κ2) is 5.25. The number of rotatable bonds is 5. The van der Waals surface area contributed by atoms with Crippen LogP contribution in [0.2, 0.25) is 0 Å². The molecule has 0 aromatic heterocycles. The van der Waals surface area contributed by atoms with Crippen LogP contribution >= 0.6 is 0 Å². The van der Waals surface area contributed by atoms with Crippen LogP contribution in [0.25, 0.3) is 0 Å². The summed E-state index contributed by atoms with van der Waals surface area (Å²) in [5, 5.41) is 3.90. The van der Waals surface area contributed by atoms with Gasteiger partial charge in [0.15, 0.2) is 0 Å². The predicted molar refractivity (Wildman–Crippen MR) is 69.1 cm³/mol. The van der Waals surface area contributed by atoms with Crippen molar-refractivity contribution in [2.45, 2.75) is 57.2 Å². The molecule has 2 aliphatic heterocycles. The normalized spacial score (nSPS) is 36.5. The van der Waals surface area contributed by atoms with Gasteiger partial charge in [0.1, 0.15) is 0 Å². The van der Waals surface area contributed by atoms with Gasteiger partial charge in [-0.15, -0.1) is 0 Å². The maximum Gasteiger partial charge on any atom is 0.0510 e. The minimum absolute atomic E-state index is 0.682. The van der Waals surface area contributed by atoms with Gasteiger partial charge in [-0.05, 0) is 38.0 Å². The Hall–Kier alpha value is -0.120. The second-order valence-electron chi connectivity index (χ2n) is 6.02. The van der Waals surface area contributed by atoms with E-state index in [2.05, 4.69) is 17.1 Å². The molecule has 2 saturated heterocycles. The van der Waals surface area contributed by atoms with Gasteiger partial charge in [0.05, 0.1) is 6.61 Å². The highest BCUT2D eigenvalue weighted by atomic mass is 16.5. The van der Waals surface area contributed by atoms with Crippen molar-refractivity contribution >= 4 is 0 Å². The quantitative estimate of drug-likeness (QED) is 0.788. The Morgan fingerprint density at radius 3 is 2.82 bits per heavy atom. The minimum atomic E-state index is 0.682. The van der Waals surface area contributed by atoms with Crippen molar-refractivity contribution in [2.75, 3.05) is 26.3 Å². The first-order valence-corrected chi connectivity index (χ1v) is 7.44. The minimum Gasteiger partial charge on any atom is -0.381 e. The van der Waals surface area contributed by atoms with Crippen molar-refractivity contribution in [1.29, 1.82) is 0 Å². The van der Waals surface area contributed by atoms with Crippen molar-refractivity contribution in [3.05, 3.63) is 0 Å². The summed E-state index contributed by atoms with van der Waals surface area (Å²) in [6.45, 7) is 6.87. The molecule has 0 bridgehead atoms. The Kier molecular flexibility index (Phi) is 3.69. The fourth-order valence-corrected chi connectivity index (χ4v) is 3.45. The number of nitrogens with one attached hydrogen (secondary N) is 1. The molecular formula is C14H26N2O. The molecule has 0 aromatic rings. The largest absolute Gasteiger partial charge is 0.381 e. The van der Waals surface area contributed by atoms with Crippen molar-refractivity contribution in [3.63, 3.8) is 0 Å². The fraction of sp³-hybridized carbons (Fsp3) is 1.00. The molecule has 3 fully saturated rings. The third-order valence-corrected chi connectivity index (χ3v) is 4.71. The Balaban J connectivity index is 1.47. The van der Waals surface area contributed by atoms with E-state index in [1.165, 1.54) is 45.2 Å². The van der Waals surface area contributed by atoms with Crippen LogP contribution in [0, 0.1) is 5.92 Å². The first-order chi connectivity index (χ1) is 8.36. The molecule has 1 saturated carbocycles. The van der Waals surface area contributed by atoms with E-state index in [1.54, 1.807) is 0 Å². The van der Waals surface area contributed by atoms with Gasteiger partial charge in [-0.1, -0.05) is 6.92 Å².